The molecular weight excluding hydrogens is 310 g/mol. The number of Topliss-reactive ketones (excluding diaryl/α,β-unsaturated/α-hetero) is 1. The first-order chi connectivity index (χ1) is 11.4. The van der Waals surface area contributed by atoms with Crippen LogP contribution >= 0.6 is 0 Å². The van der Waals surface area contributed by atoms with Gasteiger partial charge < -0.3 is 14.5 Å². The van der Waals surface area contributed by atoms with Crippen molar-refractivity contribution in [3.05, 3.63) is 34.7 Å². The number of aromatic amines is 1. The van der Waals surface area contributed by atoms with Crippen molar-refractivity contribution in [2.24, 2.45) is 5.92 Å². The predicted octanol–water partition coefficient (Wildman–Crippen LogP) is 2.89. The number of allylic oxidation sites excluding steroid dienone is 2. The van der Waals surface area contributed by atoms with Gasteiger partial charge in [0.25, 0.3) is 0 Å². The van der Waals surface area contributed by atoms with Gasteiger partial charge in [-0.25, -0.2) is 4.79 Å². The van der Waals surface area contributed by atoms with Gasteiger partial charge in [0, 0.05) is 5.69 Å². The Kier molecular flexibility index (Phi) is 5.59. The number of aromatic nitrogens is 1. The van der Waals surface area contributed by atoms with Gasteiger partial charge in [0.15, 0.2) is 6.10 Å². The number of carbonyl (C=O) groups is 3. The van der Waals surface area contributed by atoms with Gasteiger partial charge in [-0.1, -0.05) is 12.2 Å². The Morgan fingerprint density at radius 2 is 1.96 bits per heavy atom. The lowest BCUT2D eigenvalue weighted by molar-refractivity contribution is -0.151. The van der Waals surface area contributed by atoms with Crippen LogP contribution in [-0.4, -0.2) is 35.9 Å². The van der Waals surface area contributed by atoms with Crippen molar-refractivity contribution >= 4 is 17.7 Å². The number of nitrogens with one attached hydrogen (secondary N) is 1. The maximum atomic E-state index is 12.6. The molecule has 0 bridgehead atoms. The van der Waals surface area contributed by atoms with E-state index in [4.69, 9.17) is 9.47 Å². The van der Waals surface area contributed by atoms with Gasteiger partial charge in [0.2, 0.25) is 5.78 Å². The molecule has 2 atom stereocenters. The summed E-state index contributed by atoms with van der Waals surface area (Å²) < 4.78 is 10.1. The molecule has 0 unspecified atom stereocenters. The zero-order valence-electron chi connectivity index (χ0n) is 14.5. The number of hydrogen-bond acceptors (Lipinski definition) is 5. The fourth-order valence-corrected chi connectivity index (χ4v) is 2.94. The van der Waals surface area contributed by atoms with Crippen LogP contribution in [0.15, 0.2) is 12.2 Å². The van der Waals surface area contributed by atoms with Crippen molar-refractivity contribution in [1.82, 2.24) is 4.98 Å². The zero-order valence-corrected chi connectivity index (χ0v) is 14.5. The van der Waals surface area contributed by atoms with E-state index in [1.807, 2.05) is 12.2 Å². The first-order valence-electron chi connectivity index (χ1n) is 8.04. The van der Waals surface area contributed by atoms with Gasteiger partial charge >= 0.3 is 11.9 Å². The largest absolute Gasteiger partial charge is 0.465 e. The third kappa shape index (κ3) is 3.58. The van der Waals surface area contributed by atoms with Crippen LogP contribution < -0.4 is 0 Å². The van der Waals surface area contributed by atoms with Crippen molar-refractivity contribution < 1.29 is 23.9 Å². The van der Waals surface area contributed by atoms with Crippen LogP contribution in [0, 0.1) is 19.8 Å². The predicted molar refractivity (Wildman–Crippen MR) is 88.0 cm³/mol. The molecule has 0 saturated carbocycles. The highest BCUT2D eigenvalue weighted by atomic mass is 16.5. The lowest BCUT2D eigenvalue weighted by atomic mass is 9.94. The molecule has 0 aliphatic heterocycles. The lowest BCUT2D eigenvalue weighted by Gasteiger charge is -2.19. The zero-order chi connectivity index (χ0) is 17.9. The molecular formula is C18H23NO5. The highest BCUT2D eigenvalue weighted by Gasteiger charge is 2.29. The molecule has 1 heterocycles. The molecule has 0 amide bonds. The summed E-state index contributed by atoms with van der Waals surface area (Å²) in [6.07, 6.45) is 5.32. The fourth-order valence-electron chi connectivity index (χ4n) is 2.94. The molecule has 1 aliphatic carbocycles. The number of rotatable bonds is 5. The minimum atomic E-state index is -0.911. The van der Waals surface area contributed by atoms with Crippen LogP contribution in [0.2, 0.25) is 0 Å². The average molecular weight is 333 g/mol. The number of ether oxygens (including phenoxy) is 2. The minimum Gasteiger partial charge on any atom is -0.465 e. The molecule has 6 nitrogen and oxygen atoms in total. The summed E-state index contributed by atoms with van der Waals surface area (Å²) in [6, 6.07) is 0. The van der Waals surface area contributed by atoms with Gasteiger partial charge in [-0.2, -0.15) is 0 Å². The number of esters is 2. The third-order valence-electron chi connectivity index (χ3n) is 4.34. The molecule has 6 heteroatoms. The van der Waals surface area contributed by atoms with Crippen LogP contribution in [0.3, 0.4) is 0 Å². The third-order valence-corrected chi connectivity index (χ3v) is 4.34. The van der Waals surface area contributed by atoms with Gasteiger partial charge in [-0.3, -0.25) is 9.59 Å². The summed E-state index contributed by atoms with van der Waals surface area (Å²) >= 11 is 0. The second-order valence-corrected chi connectivity index (χ2v) is 6.04. The Balaban J connectivity index is 2.12. The van der Waals surface area contributed by atoms with E-state index in [0.717, 1.165) is 12.8 Å². The van der Waals surface area contributed by atoms with Crippen LogP contribution in [0.5, 0.6) is 0 Å². The summed E-state index contributed by atoms with van der Waals surface area (Å²) in [5.74, 6) is -1.40. The Morgan fingerprint density at radius 3 is 2.54 bits per heavy atom. The monoisotopic (exact) mass is 333 g/mol. The van der Waals surface area contributed by atoms with Crippen LogP contribution in [0.4, 0.5) is 0 Å². The van der Waals surface area contributed by atoms with Gasteiger partial charge in [-0.15, -0.1) is 0 Å². The van der Waals surface area contributed by atoms with Crippen LogP contribution in [-0.2, 0) is 14.3 Å². The number of aryl methyl sites for hydroxylation is 1. The van der Waals surface area contributed by atoms with Gasteiger partial charge in [0.05, 0.1) is 24.3 Å². The molecule has 0 radical (unpaired) electrons. The van der Waals surface area contributed by atoms with E-state index < -0.39 is 12.1 Å². The summed E-state index contributed by atoms with van der Waals surface area (Å²) in [7, 11) is 1.29. The van der Waals surface area contributed by atoms with E-state index in [2.05, 4.69) is 4.98 Å². The number of carbonyl (C=O) groups excluding carboxylic acids is 3. The maximum absolute atomic E-state index is 12.6. The first-order valence-corrected chi connectivity index (χ1v) is 8.04. The molecule has 130 valence electrons. The topological polar surface area (TPSA) is 85.5 Å². The summed E-state index contributed by atoms with van der Waals surface area (Å²) in [5.41, 5.74) is 1.68. The Hall–Kier alpha value is -2.37. The van der Waals surface area contributed by atoms with Crippen molar-refractivity contribution in [2.45, 2.75) is 46.1 Å². The van der Waals surface area contributed by atoms with Gasteiger partial charge in [0.1, 0.15) is 0 Å². The molecule has 2 rings (SSSR count). The smallest absolute Gasteiger partial charge is 0.339 e. The van der Waals surface area contributed by atoms with E-state index in [9.17, 15) is 14.4 Å². The standard InChI is InChI=1S/C18H23NO5/c1-10-14(18(22)23-4)11(2)19-15(10)16(20)12(3)24-17(21)13-8-6-5-7-9-13/h5-6,12-13,19H,7-9H2,1-4H3/t12-,13-/m1/s1. The fraction of sp³-hybridized carbons (Fsp3) is 0.500. The minimum absolute atomic E-state index is 0.192. The maximum Gasteiger partial charge on any atom is 0.339 e. The molecule has 1 aliphatic rings. The van der Waals surface area contributed by atoms with E-state index >= 15 is 0 Å². The van der Waals surface area contributed by atoms with Crippen LogP contribution in [0.1, 0.15) is 58.3 Å². The summed E-state index contributed by atoms with van der Waals surface area (Å²) in [5, 5.41) is 0. The summed E-state index contributed by atoms with van der Waals surface area (Å²) in [4.78, 5) is 39.5. The Bertz CT molecular complexity index is 686. The average Bonchev–Trinajstić information content (AvgIpc) is 2.88. The molecule has 0 aromatic carbocycles. The molecule has 1 aromatic heterocycles. The highest BCUT2D eigenvalue weighted by molar-refractivity contribution is 6.04. The van der Waals surface area contributed by atoms with E-state index in [0.29, 0.717) is 23.2 Å². The normalized spacial score (nSPS) is 18.1. The SMILES string of the molecule is COC(=O)c1c(C)[nH]c(C(=O)[C@@H](C)OC(=O)[C@@H]2CC=CCC2)c1C. The van der Waals surface area contributed by atoms with Gasteiger partial charge in [-0.05, 0) is 45.6 Å². The second kappa shape index (κ2) is 7.47. The van der Waals surface area contributed by atoms with Crippen molar-refractivity contribution in [2.75, 3.05) is 7.11 Å². The first kappa shape index (κ1) is 18.0. The Labute approximate surface area is 141 Å². The molecule has 1 aromatic rings. The lowest BCUT2D eigenvalue weighted by Crippen LogP contribution is -2.29. The molecule has 0 saturated heterocycles. The van der Waals surface area contributed by atoms with Crippen LogP contribution in [0.25, 0.3) is 0 Å². The van der Waals surface area contributed by atoms with Crippen molar-refractivity contribution in [3.63, 3.8) is 0 Å². The van der Waals surface area contributed by atoms with E-state index in [1.165, 1.54) is 7.11 Å². The van der Waals surface area contributed by atoms with Crippen molar-refractivity contribution in [1.29, 1.82) is 0 Å². The summed E-state index contributed by atoms with van der Waals surface area (Å²) in [6.45, 7) is 4.91. The van der Waals surface area contributed by atoms with E-state index in [-0.39, 0.29) is 23.4 Å². The second-order valence-electron chi connectivity index (χ2n) is 6.04. The quantitative estimate of drug-likeness (QED) is 0.509. The van der Waals surface area contributed by atoms with Crippen molar-refractivity contribution in [3.8, 4) is 0 Å². The Morgan fingerprint density at radius 1 is 1.25 bits per heavy atom. The molecule has 1 N–H and O–H groups in total. The highest BCUT2D eigenvalue weighted by Crippen LogP contribution is 2.23. The number of hydrogen-bond donors (Lipinski definition) is 1. The van der Waals surface area contributed by atoms with E-state index in [1.54, 1.807) is 20.8 Å². The molecule has 0 fully saturated rings. The molecule has 0 spiro atoms. The number of methoxy groups -OCH3 is 1. The molecule has 24 heavy (non-hydrogen) atoms. The number of ketones is 1. The number of H-pyrrole nitrogens is 1.